The van der Waals surface area contributed by atoms with Gasteiger partial charge in [0.2, 0.25) is 0 Å². The fourth-order valence-electron chi connectivity index (χ4n) is 2.36. The van der Waals surface area contributed by atoms with Crippen molar-refractivity contribution in [3.63, 3.8) is 0 Å². The van der Waals surface area contributed by atoms with E-state index in [1.165, 1.54) is 25.9 Å². The van der Waals surface area contributed by atoms with Gasteiger partial charge in [-0.15, -0.1) is 0 Å². The second kappa shape index (κ2) is 5.72. The minimum Gasteiger partial charge on any atom is -0.314 e. The quantitative estimate of drug-likeness (QED) is 0.744. The third-order valence-electron chi connectivity index (χ3n) is 3.86. The van der Waals surface area contributed by atoms with Crippen LogP contribution >= 0.6 is 0 Å². The molecular formula is C12H26N2. The van der Waals surface area contributed by atoms with Crippen molar-refractivity contribution in [1.82, 2.24) is 10.2 Å². The maximum absolute atomic E-state index is 3.49. The van der Waals surface area contributed by atoms with Crippen molar-refractivity contribution >= 4 is 0 Å². The molecule has 0 aromatic carbocycles. The number of nitrogens with zero attached hydrogens (tertiary/aromatic N) is 1. The van der Waals surface area contributed by atoms with E-state index in [1.807, 2.05) is 0 Å². The van der Waals surface area contributed by atoms with Crippen molar-refractivity contribution < 1.29 is 0 Å². The largest absolute Gasteiger partial charge is 0.314 e. The van der Waals surface area contributed by atoms with Crippen LogP contribution in [-0.2, 0) is 0 Å². The molecule has 14 heavy (non-hydrogen) atoms. The fourth-order valence-corrected chi connectivity index (χ4v) is 2.36. The molecular weight excluding hydrogens is 172 g/mol. The zero-order chi connectivity index (χ0) is 10.6. The Morgan fingerprint density at radius 3 is 2.64 bits per heavy atom. The van der Waals surface area contributed by atoms with Crippen molar-refractivity contribution in [2.45, 2.75) is 52.6 Å². The molecule has 0 saturated carbocycles. The Morgan fingerprint density at radius 2 is 2.07 bits per heavy atom. The summed E-state index contributed by atoms with van der Waals surface area (Å²) in [4.78, 5) is 2.70. The van der Waals surface area contributed by atoms with Gasteiger partial charge in [-0.2, -0.15) is 0 Å². The van der Waals surface area contributed by atoms with Crippen molar-refractivity contribution in [2.75, 3.05) is 19.6 Å². The van der Waals surface area contributed by atoms with Gasteiger partial charge in [-0.1, -0.05) is 27.2 Å². The Labute approximate surface area is 89.1 Å². The Morgan fingerprint density at radius 1 is 1.36 bits per heavy atom. The number of hydrogen-bond donors (Lipinski definition) is 1. The van der Waals surface area contributed by atoms with Crippen LogP contribution in [0.3, 0.4) is 0 Å². The molecule has 0 radical (unpaired) electrons. The third-order valence-corrected chi connectivity index (χ3v) is 3.86. The molecule has 0 bridgehead atoms. The molecule has 3 atom stereocenters. The van der Waals surface area contributed by atoms with Crippen LogP contribution in [-0.4, -0.2) is 36.6 Å². The highest BCUT2D eigenvalue weighted by Crippen LogP contribution is 2.19. The molecule has 2 heteroatoms. The van der Waals surface area contributed by atoms with Crippen LogP contribution in [0.5, 0.6) is 0 Å². The Hall–Kier alpha value is -0.0800. The fraction of sp³-hybridized carbons (Fsp3) is 1.00. The Bertz CT molecular complexity index is 158. The molecule has 0 aromatic rings. The molecule has 84 valence electrons. The highest BCUT2D eigenvalue weighted by Gasteiger charge is 2.27. The first-order valence-electron chi connectivity index (χ1n) is 6.17. The van der Waals surface area contributed by atoms with Gasteiger partial charge in [-0.05, 0) is 19.3 Å². The summed E-state index contributed by atoms with van der Waals surface area (Å²) in [6.45, 7) is 12.9. The van der Waals surface area contributed by atoms with Gasteiger partial charge in [0.05, 0.1) is 0 Å². The first kappa shape index (κ1) is 12.0. The van der Waals surface area contributed by atoms with Crippen LogP contribution in [0.25, 0.3) is 0 Å². The van der Waals surface area contributed by atoms with Gasteiger partial charge in [-0.3, -0.25) is 4.90 Å². The topological polar surface area (TPSA) is 15.3 Å². The third kappa shape index (κ3) is 2.71. The molecule has 1 aliphatic heterocycles. The summed E-state index contributed by atoms with van der Waals surface area (Å²) in [5.74, 6) is 0.821. The number of hydrogen-bond acceptors (Lipinski definition) is 2. The second-order valence-electron chi connectivity index (χ2n) is 4.63. The summed E-state index contributed by atoms with van der Waals surface area (Å²) in [7, 11) is 0. The van der Waals surface area contributed by atoms with E-state index in [4.69, 9.17) is 0 Å². The predicted octanol–water partition coefficient (Wildman–Crippen LogP) is 2.10. The first-order valence-corrected chi connectivity index (χ1v) is 6.17. The molecule has 3 unspecified atom stereocenters. The Balaban J connectivity index is 2.53. The van der Waals surface area contributed by atoms with E-state index in [2.05, 4.69) is 37.9 Å². The zero-order valence-corrected chi connectivity index (χ0v) is 10.2. The first-order chi connectivity index (χ1) is 6.70. The predicted molar refractivity (Wildman–Crippen MR) is 62.6 cm³/mol. The van der Waals surface area contributed by atoms with Gasteiger partial charge in [0.25, 0.3) is 0 Å². The highest BCUT2D eigenvalue weighted by molar-refractivity contribution is 4.84. The smallest absolute Gasteiger partial charge is 0.0221 e. The molecule has 1 fully saturated rings. The second-order valence-corrected chi connectivity index (χ2v) is 4.63. The van der Waals surface area contributed by atoms with E-state index in [1.54, 1.807) is 0 Å². The lowest BCUT2D eigenvalue weighted by Crippen LogP contribution is -2.55. The maximum Gasteiger partial charge on any atom is 0.0221 e. The molecule has 0 aliphatic carbocycles. The Kier molecular flexibility index (Phi) is 4.90. The lowest BCUT2D eigenvalue weighted by atomic mass is 9.96. The molecule has 0 spiro atoms. The standard InChI is InChI=1S/C12H26N2/c1-5-10(3)11(4)14-8-7-13-9-12(14)6-2/h10-13H,5-9H2,1-4H3. The molecule has 0 aromatic heterocycles. The summed E-state index contributed by atoms with van der Waals surface area (Å²) in [6, 6.07) is 1.50. The van der Waals surface area contributed by atoms with Gasteiger partial charge >= 0.3 is 0 Å². The number of nitrogens with one attached hydrogen (secondary N) is 1. The number of rotatable bonds is 4. The van der Waals surface area contributed by atoms with E-state index in [9.17, 15) is 0 Å². The molecule has 2 nitrogen and oxygen atoms in total. The monoisotopic (exact) mass is 198 g/mol. The molecule has 0 amide bonds. The van der Waals surface area contributed by atoms with Crippen LogP contribution < -0.4 is 5.32 Å². The summed E-state index contributed by atoms with van der Waals surface area (Å²) >= 11 is 0. The van der Waals surface area contributed by atoms with Crippen LogP contribution in [0.2, 0.25) is 0 Å². The highest BCUT2D eigenvalue weighted by atomic mass is 15.2. The van der Waals surface area contributed by atoms with Gasteiger partial charge < -0.3 is 5.32 Å². The minimum atomic E-state index is 0.743. The summed E-state index contributed by atoms with van der Waals surface area (Å²) in [6.07, 6.45) is 2.56. The maximum atomic E-state index is 3.49. The normalized spacial score (nSPS) is 28.7. The molecule has 1 heterocycles. The van der Waals surface area contributed by atoms with Crippen LogP contribution in [0.1, 0.15) is 40.5 Å². The van der Waals surface area contributed by atoms with Crippen molar-refractivity contribution in [1.29, 1.82) is 0 Å². The van der Waals surface area contributed by atoms with Crippen molar-refractivity contribution in [3.05, 3.63) is 0 Å². The zero-order valence-electron chi connectivity index (χ0n) is 10.2. The van der Waals surface area contributed by atoms with E-state index in [0.29, 0.717) is 0 Å². The van der Waals surface area contributed by atoms with E-state index < -0.39 is 0 Å². The van der Waals surface area contributed by atoms with Crippen LogP contribution in [0, 0.1) is 5.92 Å². The summed E-state index contributed by atoms with van der Waals surface area (Å²) in [5, 5.41) is 3.49. The van der Waals surface area contributed by atoms with E-state index in [-0.39, 0.29) is 0 Å². The van der Waals surface area contributed by atoms with Crippen molar-refractivity contribution in [2.24, 2.45) is 5.92 Å². The average molecular weight is 198 g/mol. The molecule has 1 aliphatic rings. The lowest BCUT2D eigenvalue weighted by Gasteiger charge is -2.42. The van der Waals surface area contributed by atoms with Gasteiger partial charge in [0.1, 0.15) is 0 Å². The van der Waals surface area contributed by atoms with Gasteiger partial charge in [0, 0.05) is 31.7 Å². The molecule has 1 saturated heterocycles. The van der Waals surface area contributed by atoms with Gasteiger partial charge in [-0.25, -0.2) is 0 Å². The van der Waals surface area contributed by atoms with Crippen LogP contribution in [0.4, 0.5) is 0 Å². The van der Waals surface area contributed by atoms with Crippen molar-refractivity contribution in [3.8, 4) is 0 Å². The summed E-state index contributed by atoms with van der Waals surface area (Å²) < 4.78 is 0. The van der Waals surface area contributed by atoms with Gasteiger partial charge in [0.15, 0.2) is 0 Å². The minimum absolute atomic E-state index is 0.743. The number of piperazine rings is 1. The SMILES string of the molecule is CCC(C)C(C)N1CCNCC1CC. The average Bonchev–Trinajstić information content (AvgIpc) is 2.26. The molecule has 1 rings (SSSR count). The van der Waals surface area contributed by atoms with E-state index in [0.717, 1.165) is 24.5 Å². The molecule has 1 N–H and O–H groups in total. The van der Waals surface area contributed by atoms with Crippen LogP contribution in [0.15, 0.2) is 0 Å². The van der Waals surface area contributed by atoms with E-state index >= 15 is 0 Å². The lowest BCUT2D eigenvalue weighted by molar-refractivity contribution is 0.0811. The summed E-state index contributed by atoms with van der Waals surface area (Å²) in [5.41, 5.74) is 0.